The minimum atomic E-state index is -3.70. The fourth-order valence-corrected chi connectivity index (χ4v) is 3.11. The van der Waals surface area contributed by atoms with Gasteiger partial charge in [-0.1, -0.05) is 11.6 Å². The van der Waals surface area contributed by atoms with Crippen molar-refractivity contribution >= 4 is 33.6 Å². The van der Waals surface area contributed by atoms with Gasteiger partial charge in [-0.05, 0) is 34.7 Å². The Hall–Kier alpha value is -1.16. The van der Waals surface area contributed by atoms with E-state index >= 15 is 0 Å². The molecule has 0 unspecified atom stereocenters. The largest absolute Gasteiger partial charge is 0.325 e. The lowest BCUT2D eigenvalue weighted by Crippen LogP contribution is -2.31. The first-order valence-corrected chi connectivity index (χ1v) is 8.26. The second-order valence-corrected chi connectivity index (χ2v) is 7.43. The van der Waals surface area contributed by atoms with Crippen molar-refractivity contribution < 1.29 is 8.42 Å². The molecule has 0 N–H and O–H groups in total. The van der Waals surface area contributed by atoms with Gasteiger partial charge >= 0.3 is 10.2 Å². The molecule has 0 amide bonds. The summed E-state index contributed by atoms with van der Waals surface area (Å²) in [5, 5.41) is 11.3. The van der Waals surface area contributed by atoms with Crippen molar-refractivity contribution in [2.45, 2.75) is 10.6 Å². The summed E-state index contributed by atoms with van der Waals surface area (Å²) in [6, 6.07) is 7.23. The van der Waals surface area contributed by atoms with Crippen LogP contribution in [0.1, 0.15) is 5.82 Å². The third-order valence-corrected chi connectivity index (χ3v) is 5.27. The molecule has 1 aromatic heterocycles. The van der Waals surface area contributed by atoms with Crippen LogP contribution in [0.5, 0.6) is 0 Å². The zero-order chi connectivity index (χ0) is 14.8. The number of benzene rings is 1. The van der Waals surface area contributed by atoms with Gasteiger partial charge in [-0.15, -0.1) is 20.9 Å². The van der Waals surface area contributed by atoms with E-state index in [-0.39, 0.29) is 5.82 Å². The number of tetrazole rings is 1. The molecule has 0 spiro atoms. The van der Waals surface area contributed by atoms with Crippen molar-refractivity contribution in [3.8, 4) is 0 Å². The zero-order valence-corrected chi connectivity index (χ0v) is 13.2. The van der Waals surface area contributed by atoms with Crippen molar-refractivity contribution in [2.75, 3.05) is 14.1 Å². The summed E-state index contributed by atoms with van der Waals surface area (Å²) in [6.07, 6.45) is 0. The fourth-order valence-electron chi connectivity index (χ4n) is 1.29. The molecule has 0 aliphatic heterocycles. The Morgan fingerprint density at radius 2 is 1.95 bits per heavy atom. The van der Waals surface area contributed by atoms with Crippen LogP contribution in [0.2, 0.25) is 5.02 Å². The van der Waals surface area contributed by atoms with Gasteiger partial charge in [0.15, 0.2) is 5.82 Å². The number of rotatable bonds is 5. The molecule has 1 heterocycles. The first-order chi connectivity index (χ1) is 9.41. The standard InChI is InChI=1S/C10H12ClN5O2S2/c1-15(2)20(17,18)16-10(12-13-14-16)7-19-9-5-3-8(11)4-6-9/h3-6H,7H2,1-2H3. The highest BCUT2D eigenvalue weighted by Crippen LogP contribution is 2.23. The number of halogens is 1. The molecule has 1 aromatic carbocycles. The van der Waals surface area contributed by atoms with Gasteiger partial charge in [0.1, 0.15) is 0 Å². The molecule has 2 rings (SSSR count). The fraction of sp³-hybridized carbons (Fsp3) is 0.300. The van der Waals surface area contributed by atoms with Gasteiger partial charge in [-0.3, -0.25) is 0 Å². The minimum absolute atomic E-state index is 0.263. The van der Waals surface area contributed by atoms with E-state index in [9.17, 15) is 8.42 Å². The summed E-state index contributed by atoms with van der Waals surface area (Å²) in [5.41, 5.74) is 0. The van der Waals surface area contributed by atoms with E-state index in [1.54, 1.807) is 12.1 Å². The van der Waals surface area contributed by atoms with E-state index in [0.717, 1.165) is 13.3 Å². The maximum absolute atomic E-state index is 12.0. The van der Waals surface area contributed by atoms with Crippen molar-refractivity contribution in [2.24, 2.45) is 0 Å². The Morgan fingerprint density at radius 1 is 1.30 bits per heavy atom. The lowest BCUT2D eigenvalue weighted by atomic mass is 10.4. The van der Waals surface area contributed by atoms with Crippen LogP contribution in [0.15, 0.2) is 29.2 Å². The number of thioether (sulfide) groups is 1. The molecular formula is C10H12ClN5O2S2. The Labute approximate surface area is 126 Å². The van der Waals surface area contributed by atoms with E-state index in [4.69, 9.17) is 11.6 Å². The van der Waals surface area contributed by atoms with E-state index in [1.165, 1.54) is 25.9 Å². The normalized spacial score (nSPS) is 12.0. The smallest absolute Gasteiger partial charge is 0.189 e. The van der Waals surface area contributed by atoms with Crippen LogP contribution in [0, 0.1) is 0 Å². The first kappa shape index (κ1) is 15.2. The van der Waals surface area contributed by atoms with Crippen molar-refractivity contribution in [1.82, 2.24) is 23.9 Å². The minimum Gasteiger partial charge on any atom is -0.189 e. The molecule has 2 aromatic rings. The quantitative estimate of drug-likeness (QED) is 0.767. The van der Waals surface area contributed by atoms with Gasteiger partial charge < -0.3 is 0 Å². The molecule has 0 aliphatic carbocycles. The highest BCUT2D eigenvalue weighted by Gasteiger charge is 2.22. The van der Waals surface area contributed by atoms with Gasteiger partial charge in [-0.2, -0.15) is 12.7 Å². The van der Waals surface area contributed by atoms with Crippen LogP contribution in [0.3, 0.4) is 0 Å². The maximum Gasteiger partial charge on any atom is 0.325 e. The van der Waals surface area contributed by atoms with Gasteiger partial charge in [0.2, 0.25) is 0 Å². The van der Waals surface area contributed by atoms with Crippen LogP contribution in [0.4, 0.5) is 0 Å². The van der Waals surface area contributed by atoms with Gasteiger partial charge in [0.25, 0.3) is 0 Å². The van der Waals surface area contributed by atoms with Gasteiger partial charge in [0, 0.05) is 24.0 Å². The van der Waals surface area contributed by atoms with E-state index in [2.05, 4.69) is 15.5 Å². The predicted molar refractivity (Wildman–Crippen MR) is 76.8 cm³/mol. The summed E-state index contributed by atoms with van der Waals surface area (Å²) >= 11 is 7.22. The van der Waals surface area contributed by atoms with Crippen LogP contribution in [0.25, 0.3) is 0 Å². The lowest BCUT2D eigenvalue weighted by molar-refractivity contribution is 0.500. The Morgan fingerprint density at radius 3 is 2.55 bits per heavy atom. The monoisotopic (exact) mass is 333 g/mol. The second kappa shape index (κ2) is 6.08. The predicted octanol–water partition coefficient (Wildman–Crippen LogP) is 1.27. The summed E-state index contributed by atoms with van der Waals surface area (Å²) in [4.78, 5) is 0.950. The van der Waals surface area contributed by atoms with E-state index in [0.29, 0.717) is 10.8 Å². The molecule has 10 heteroatoms. The molecule has 0 aliphatic rings. The maximum atomic E-state index is 12.0. The van der Waals surface area contributed by atoms with Crippen molar-refractivity contribution in [3.05, 3.63) is 35.1 Å². The molecule has 108 valence electrons. The molecule has 20 heavy (non-hydrogen) atoms. The highest BCUT2D eigenvalue weighted by molar-refractivity contribution is 7.98. The number of hydrogen-bond donors (Lipinski definition) is 0. The molecule has 7 nitrogen and oxygen atoms in total. The Balaban J connectivity index is 2.16. The van der Waals surface area contributed by atoms with Gasteiger partial charge in [0.05, 0.1) is 5.75 Å². The molecule has 0 radical (unpaired) electrons. The molecule has 0 saturated heterocycles. The van der Waals surface area contributed by atoms with E-state index < -0.39 is 10.2 Å². The van der Waals surface area contributed by atoms with Crippen molar-refractivity contribution in [3.63, 3.8) is 0 Å². The summed E-state index contributed by atoms with van der Waals surface area (Å²) < 4.78 is 25.9. The molecule has 0 atom stereocenters. The number of nitrogens with zero attached hydrogens (tertiary/aromatic N) is 5. The Bertz CT molecular complexity index is 684. The SMILES string of the molecule is CN(C)S(=O)(=O)n1nnnc1CSc1ccc(Cl)cc1. The topological polar surface area (TPSA) is 81.0 Å². The third-order valence-electron chi connectivity index (χ3n) is 2.36. The third kappa shape index (κ3) is 3.29. The van der Waals surface area contributed by atoms with E-state index in [1.807, 2.05) is 12.1 Å². The summed E-state index contributed by atoms with van der Waals surface area (Å²) in [5.74, 6) is 0.598. The summed E-state index contributed by atoms with van der Waals surface area (Å²) in [7, 11) is -0.848. The summed E-state index contributed by atoms with van der Waals surface area (Å²) in [6.45, 7) is 0. The second-order valence-electron chi connectivity index (χ2n) is 3.97. The first-order valence-electron chi connectivity index (χ1n) is 5.50. The van der Waals surface area contributed by atoms with Gasteiger partial charge in [-0.25, -0.2) is 0 Å². The number of aromatic nitrogens is 4. The van der Waals surface area contributed by atoms with Crippen LogP contribution >= 0.6 is 23.4 Å². The molecule has 0 saturated carbocycles. The number of hydrogen-bond acceptors (Lipinski definition) is 6. The molecular weight excluding hydrogens is 322 g/mol. The molecule has 0 bridgehead atoms. The average molecular weight is 334 g/mol. The highest BCUT2D eigenvalue weighted by atomic mass is 35.5. The van der Waals surface area contributed by atoms with Crippen LogP contribution in [-0.4, -0.2) is 46.4 Å². The van der Waals surface area contributed by atoms with Crippen molar-refractivity contribution in [1.29, 1.82) is 0 Å². The zero-order valence-electron chi connectivity index (χ0n) is 10.8. The van der Waals surface area contributed by atoms with Crippen LogP contribution in [-0.2, 0) is 16.0 Å². The van der Waals surface area contributed by atoms with Crippen LogP contribution < -0.4 is 0 Å². The molecule has 0 fully saturated rings. The average Bonchev–Trinajstić information content (AvgIpc) is 2.87. The Kier molecular flexibility index (Phi) is 4.63. The lowest BCUT2D eigenvalue weighted by Gasteiger charge is -2.11.